The Balaban J connectivity index is 0.00000338. The Morgan fingerprint density at radius 3 is 2.42 bits per heavy atom. The van der Waals surface area contributed by atoms with Gasteiger partial charge in [-0.25, -0.2) is 4.98 Å². The molecular weight excluding hydrogens is 459 g/mol. The molecule has 2 rings (SSSR count). The van der Waals surface area contributed by atoms with Crippen molar-refractivity contribution < 1.29 is 0 Å². The molecule has 2 heterocycles. The molecule has 8 heteroatoms. The van der Waals surface area contributed by atoms with Crippen LogP contribution in [0.2, 0.25) is 0 Å². The van der Waals surface area contributed by atoms with Crippen LogP contribution in [0.1, 0.15) is 28.4 Å². The number of halogens is 1. The van der Waals surface area contributed by atoms with Crippen molar-refractivity contribution in [1.82, 2.24) is 25.4 Å². The Labute approximate surface area is 179 Å². The summed E-state index contributed by atoms with van der Waals surface area (Å²) in [5, 5.41) is 7.99. The minimum atomic E-state index is 0. The zero-order valence-electron chi connectivity index (χ0n) is 16.7. The topological polar surface area (TPSA) is 55.8 Å². The van der Waals surface area contributed by atoms with Gasteiger partial charge in [-0.1, -0.05) is 0 Å². The Kier molecular flexibility index (Phi) is 11.7. The molecule has 6 nitrogen and oxygen atoms in total. The Morgan fingerprint density at radius 1 is 1.12 bits per heavy atom. The van der Waals surface area contributed by atoms with Crippen LogP contribution in [0.5, 0.6) is 0 Å². The number of piperazine rings is 1. The Hall–Kier alpha value is -0.450. The summed E-state index contributed by atoms with van der Waals surface area (Å²) in [6.07, 6.45) is 3.37. The molecule has 0 aromatic carbocycles. The molecule has 0 amide bonds. The van der Waals surface area contributed by atoms with Crippen LogP contribution in [-0.2, 0) is 6.42 Å². The lowest BCUT2D eigenvalue weighted by atomic mass is 10.2. The van der Waals surface area contributed by atoms with Crippen molar-refractivity contribution >= 4 is 41.3 Å². The van der Waals surface area contributed by atoms with E-state index in [-0.39, 0.29) is 24.0 Å². The van der Waals surface area contributed by atoms with Crippen molar-refractivity contribution in [3.05, 3.63) is 15.6 Å². The second-order valence-corrected chi connectivity index (χ2v) is 8.06. The monoisotopic (exact) mass is 494 g/mol. The predicted molar refractivity (Wildman–Crippen MR) is 123 cm³/mol. The highest BCUT2D eigenvalue weighted by Gasteiger charge is 2.12. The van der Waals surface area contributed by atoms with E-state index in [0.717, 1.165) is 31.2 Å². The number of nitrogens with one attached hydrogen (secondary N) is 2. The van der Waals surface area contributed by atoms with Gasteiger partial charge in [0.15, 0.2) is 5.96 Å². The van der Waals surface area contributed by atoms with Gasteiger partial charge in [-0.05, 0) is 40.3 Å². The molecule has 0 radical (unpaired) electrons. The van der Waals surface area contributed by atoms with Gasteiger partial charge in [0.05, 0.1) is 10.7 Å². The summed E-state index contributed by atoms with van der Waals surface area (Å²) < 4.78 is 0. The van der Waals surface area contributed by atoms with Gasteiger partial charge in [0.2, 0.25) is 0 Å². The third-order valence-electron chi connectivity index (χ3n) is 4.72. The SMILES string of the molecule is CN=C(NCCCCN1CCN(C)CC1)NCCc1nc(C)c(C)s1.I. The molecule has 1 fully saturated rings. The second kappa shape index (κ2) is 12.9. The Bertz CT molecular complexity index is 520. The fourth-order valence-electron chi connectivity index (χ4n) is 2.89. The zero-order chi connectivity index (χ0) is 18.1. The van der Waals surface area contributed by atoms with Gasteiger partial charge in [0, 0.05) is 57.6 Å². The van der Waals surface area contributed by atoms with E-state index in [1.807, 2.05) is 7.05 Å². The van der Waals surface area contributed by atoms with Crippen LogP contribution in [0.15, 0.2) is 4.99 Å². The first-order valence-electron chi connectivity index (χ1n) is 9.37. The highest BCUT2D eigenvalue weighted by atomic mass is 127. The van der Waals surface area contributed by atoms with E-state index in [4.69, 9.17) is 0 Å². The molecule has 0 saturated carbocycles. The summed E-state index contributed by atoms with van der Waals surface area (Å²) in [5.74, 6) is 0.893. The number of rotatable bonds is 8. The van der Waals surface area contributed by atoms with Crippen LogP contribution in [0.25, 0.3) is 0 Å². The molecule has 1 aliphatic rings. The molecule has 0 unspecified atom stereocenters. The van der Waals surface area contributed by atoms with Gasteiger partial charge >= 0.3 is 0 Å². The molecular formula is C18H35IN6S. The highest BCUT2D eigenvalue weighted by Crippen LogP contribution is 2.16. The van der Waals surface area contributed by atoms with Crippen LogP contribution in [0.3, 0.4) is 0 Å². The van der Waals surface area contributed by atoms with E-state index in [1.165, 1.54) is 55.5 Å². The number of thiazole rings is 1. The summed E-state index contributed by atoms with van der Waals surface area (Å²) in [7, 11) is 4.04. The van der Waals surface area contributed by atoms with Gasteiger partial charge in [-0.2, -0.15) is 0 Å². The first-order chi connectivity index (χ1) is 12.1. The Morgan fingerprint density at radius 2 is 1.81 bits per heavy atom. The summed E-state index contributed by atoms with van der Waals surface area (Å²) in [4.78, 5) is 15.2. The number of hydrogen-bond donors (Lipinski definition) is 2. The second-order valence-electron chi connectivity index (χ2n) is 6.78. The number of hydrogen-bond acceptors (Lipinski definition) is 5. The number of likely N-dealkylation sites (N-methyl/N-ethyl adjacent to an activating group) is 1. The molecule has 0 atom stereocenters. The first-order valence-corrected chi connectivity index (χ1v) is 10.2. The standard InChI is InChI=1S/C18H34N6S.HI/c1-15-16(2)25-17(22-15)7-9-21-18(19-3)20-8-5-6-10-24-13-11-23(4)12-14-24;/h5-14H2,1-4H3,(H2,19,20,21);1H. The van der Waals surface area contributed by atoms with Crippen LogP contribution >= 0.6 is 35.3 Å². The minimum Gasteiger partial charge on any atom is -0.356 e. The van der Waals surface area contributed by atoms with Crippen molar-refractivity contribution in [1.29, 1.82) is 0 Å². The van der Waals surface area contributed by atoms with E-state index in [2.05, 4.69) is 51.3 Å². The summed E-state index contributed by atoms with van der Waals surface area (Å²) in [6, 6.07) is 0. The highest BCUT2D eigenvalue weighted by molar-refractivity contribution is 14.0. The van der Waals surface area contributed by atoms with E-state index < -0.39 is 0 Å². The third kappa shape index (κ3) is 8.49. The van der Waals surface area contributed by atoms with E-state index in [1.54, 1.807) is 11.3 Å². The predicted octanol–water partition coefficient (Wildman–Crippen LogP) is 2.11. The van der Waals surface area contributed by atoms with E-state index in [0.29, 0.717) is 0 Å². The fraction of sp³-hybridized carbons (Fsp3) is 0.778. The van der Waals surface area contributed by atoms with Gasteiger partial charge < -0.3 is 20.4 Å². The summed E-state index contributed by atoms with van der Waals surface area (Å²) in [5.41, 5.74) is 1.16. The average molecular weight is 494 g/mol. The smallest absolute Gasteiger partial charge is 0.190 e. The molecule has 0 bridgehead atoms. The molecule has 0 aliphatic carbocycles. The number of nitrogens with zero attached hydrogens (tertiary/aromatic N) is 4. The van der Waals surface area contributed by atoms with Crippen molar-refractivity contribution in [2.45, 2.75) is 33.1 Å². The normalized spacial score (nSPS) is 16.4. The molecule has 26 heavy (non-hydrogen) atoms. The number of aryl methyl sites for hydroxylation is 2. The maximum absolute atomic E-state index is 4.58. The number of aromatic nitrogens is 1. The van der Waals surface area contributed by atoms with Crippen LogP contribution in [0, 0.1) is 13.8 Å². The lowest BCUT2D eigenvalue weighted by Crippen LogP contribution is -2.44. The van der Waals surface area contributed by atoms with Crippen molar-refractivity contribution in [2.75, 3.05) is 59.9 Å². The van der Waals surface area contributed by atoms with Crippen molar-refractivity contribution in [3.63, 3.8) is 0 Å². The zero-order valence-corrected chi connectivity index (χ0v) is 19.8. The van der Waals surface area contributed by atoms with Crippen LogP contribution in [-0.4, -0.2) is 80.7 Å². The molecule has 0 spiro atoms. The van der Waals surface area contributed by atoms with E-state index in [9.17, 15) is 0 Å². The average Bonchev–Trinajstić information content (AvgIpc) is 2.92. The minimum absolute atomic E-state index is 0. The van der Waals surface area contributed by atoms with Gasteiger partial charge in [0.25, 0.3) is 0 Å². The molecule has 1 saturated heterocycles. The third-order valence-corrected chi connectivity index (χ3v) is 5.85. The molecule has 1 aromatic rings. The molecule has 1 aliphatic heterocycles. The number of guanidine groups is 1. The van der Waals surface area contributed by atoms with E-state index >= 15 is 0 Å². The quantitative estimate of drug-likeness (QED) is 0.251. The maximum Gasteiger partial charge on any atom is 0.190 e. The lowest BCUT2D eigenvalue weighted by Gasteiger charge is -2.32. The van der Waals surface area contributed by atoms with Gasteiger partial charge in [-0.3, -0.25) is 4.99 Å². The summed E-state index contributed by atoms with van der Waals surface area (Å²) in [6.45, 7) is 12.1. The van der Waals surface area contributed by atoms with Crippen LogP contribution in [0.4, 0.5) is 0 Å². The largest absolute Gasteiger partial charge is 0.356 e. The maximum atomic E-state index is 4.58. The van der Waals surface area contributed by atoms with Crippen molar-refractivity contribution in [3.8, 4) is 0 Å². The lowest BCUT2D eigenvalue weighted by molar-refractivity contribution is 0.152. The summed E-state index contributed by atoms with van der Waals surface area (Å²) >= 11 is 1.79. The molecule has 150 valence electrons. The number of aliphatic imine (C=N–C) groups is 1. The number of unbranched alkanes of at least 4 members (excludes halogenated alkanes) is 1. The van der Waals surface area contributed by atoms with Gasteiger partial charge in [0.1, 0.15) is 0 Å². The first kappa shape index (κ1) is 23.6. The molecule has 1 aromatic heterocycles. The van der Waals surface area contributed by atoms with Gasteiger partial charge in [-0.15, -0.1) is 35.3 Å². The van der Waals surface area contributed by atoms with Crippen molar-refractivity contribution in [2.24, 2.45) is 4.99 Å². The molecule has 2 N–H and O–H groups in total. The fourth-order valence-corrected chi connectivity index (χ4v) is 3.83. The van der Waals surface area contributed by atoms with Crippen LogP contribution < -0.4 is 10.6 Å².